The van der Waals surface area contributed by atoms with E-state index in [1.165, 1.54) is 5.56 Å². The van der Waals surface area contributed by atoms with E-state index in [1.54, 1.807) is 4.68 Å². The van der Waals surface area contributed by atoms with Crippen LogP contribution >= 0.6 is 11.6 Å². The zero-order valence-corrected chi connectivity index (χ0v) is 13.1. The molecule has 108 valence electrons. The van der Waals surface area contributed by atoms with Crippen LogP contribution in [0.3, 0.4) is 0 Å². The molecule has 4 heteroatoms. The van der Waals surface area contributed by atoms with Crippen LogP contribution in [0.15, 0.2) is 30.3 Å². The lowest BCUT2D eigenvalue weighted by atomic mass is 9.99. The quantitative estimate of drug-likeness (QED) is 0.886. The largest absolute Gasteiger partial charge is 0.317 e. The predicted molar refractivity (Wildman–Crippen MR) is 84.3 cm³/mol. The SMILES string of the molecule is CNC(CCc1ccccc1)Cc1c(C)nn(C)c1Cl. The summed E-state index contributed by atoms with van der Waals surface area (Å²) < 4.78 is 1.75. The maximum Gasteiger partial charge on any atom is 0.130 e. The summed E-state index contributed by atoms with van der Waals surface area (Å²) in [6, 6.07) is 11.0. The summed E-state index contributed by atoms with van der Waals surface area (Å²) in [5, 5.41) is 8.51. The van der Waals surface area contributed by atoms with Gasteiger partial charge < -0.3 is 5.32 Å². The zero-order valence-electron chi connectivity index (χ0n) is 12.4. The summed E-state index contributed by atoms with van der Waals surface area (Å²) in [5.41, 5.74) is 3.56. The van der Waals surface area contributed by atoms with Crippen LogP contribution in [0.1, 0.15) is 23.2 Å². The number of likely N-dealkylation sites (N-methyl/N-ethyl adjacent to an activating group) is 1. The molecule has 0 aliphatic heterocycles. The molecule has 0 saturated heterocycles. The lowest BCUT2D eigenvalue weighted by Gasteiger charge is -2.16. The first-order valence-electron chi connectivity index (χ1n) is 7.01. The molecule has 0 amide bonds. The molecule has 1 aromatic carbocycles. The van der Waals surface area contributed by atoms with Crippen molar-refractivity contribution in [1.82, 2.24) is 15.1 Å². The van der Waals surface area contributed by atoms with Crippen molar-refractivity contribution in [3.8, 4) is 0 Å². The number of nitrogens with zero attached hydrogens (tertiary/aromatic N) is 2. The van der Waals surface area contributed by atoms with Gasteiger partial charge in [-0.3, -0.25) is 4.68 Å². The Balaban J connectivity index is 1.99. The van der Waals surface area contributed by atoms with Crippen LogP contribution in [-0.2, 0) is 19.9 Å². The minimum Gasteiger partial charge on any atom is -0.317 e. The third-order valence-electron chi connectivity index (χ3n) is 3.75. The monoisotopic (exact) mass is 291 g/mol. The Hall–Kier alpha value is -1.32. The molecule has 2 aromatic rings. The molecule has 0 spiro atoms. The second-order valence-electron chi connectivity index (χ2n) is 5.19. The summed E-state index contributed by atoms with van der Waals surface area (Å²) in [6.45, 7) is 2.02. The zero-order chi connectivity index (χ0) is 14.5. The van der Waals surface area contributed by atoms with Gasteiger partial charge in [0, 0.05) is 18.7 Å². The third kappa shape index (κ3) is 3.62. The summed E-state index contributed by atoms with van der Waals surface area (Å²) >= 11 is 6.30. The number of aryl methyl sites for hydroxylation is 3. The van der Waals surface area contributed by atoms with Crippen molar-refractivity contribution in [2.75, 3.05) is 7.05 Å². The highest BCUT2D eigenvalue weighted by molar-refractivity contribution is 6.30. The van der Waals surface area contributed by atoms with Gasteiger partial charge in [-0.15, -0.1) is 0 Å². The lowest BCUT2D eigenvalue weighted by molar-refractivity contribution is 0.519. The summed E-state index contributed by atoms with van der Waals surface area (Å²) in [6.07, 6.45) is 3.08. The van der Waals surface area contributed by atoms with E-state index in [4.69, 9.17) is 11.6 Å². The third-order valence-corrected chi connectivity index (χ3v) is 4.23. The van der Waals surface area contributed by atoms with Gasteiger partial charge >= 0.3 is 0 Å². The fraction of sp³-hybridized carbons (Fsp3) is 0.438. The molecule has 0 saturated carbocycles. The first kappa shape index (κ1) is 15.1. The van der Waals surface area contributed by atoms with E-state index < -0.39 is 0 Å². The molecule has 3 nitrogen and oxygen atoms in total. The van der Waals surface area contributed by atoms with Crippen LogP contribution in [0.5, 0.6) is 0 Å². The van der Waals surface area contributed by atoms with Crippen LogP contribution in [-0.4, -0.2) is 22.9 Å². The molecule has 1 heterocycles. The van der Waals surface area contributed by atoms with Crippen LogP contribution < -0.4 is 5.32 Å². The number of aromatic nitrogens is 2. The molecule has 0 aliphatic rings. The number of hydrogen-bond acceptors (Lipinski definition) is 2. The molecule has 0 radical (unpaired) electrons. The Morgan fingerprint density at radius 3 is 2.55 bits per heavy atom. The van der Waals surface area contributed by atoms with E-state index in [0.717, 1.165) is 35.7 Å². The molecule has 20 heavy (non-hydrogen) atoms. The average molecular weight is 292 g/mol. The van der Waals surface area contributed by atoms with E-state index in [9.17, 15) is 0 Å². The van der Waals surface area contributed by atoms with Gasteiger partial charge in [0.25, 0.3) is 0 Å². The second kappa shape index (κ2) is 6.91. The van der Waals surface area contributed by atoms with Crippen LogP contribution in [0.25, 0.3) is 0 Å². The Morgan fingerprint density at radius 2 is 2.00 bits per heavy atom. The maximum atomic E-state index is 6.30. The second-order valence-corrected chi connectivity index (χ2v) is 5.55. The van der Waals surface area contributed by atoms with Crippen molar-refractivity contribution in [3.63, 3.8) is 0 Å². The van der Waals surface area contributed by atoms with Crippen molar-refractivity contribution < 1.29 is 0 Å². The molecule has 1 aromatic heterocycles. The van der Waals surface area contributed by atoms with E-state index in [0.29, 0.717) is 6.04 Å². The first-order valence-corrected chi connectivity index (χ1v) is 7.38. The Kier molecular flexibility index (Phi) is 5.21. The van der Waals surface area contributed by atoms with E-state index >= 15 is 0 Å². The van der Waals surface area contributed by atoms with Crippen LogP contribution in [0.4, 0.5) is 0 Å². The number of hydrogen-bond donors (Lipinski definition) is 1. The van der Waals surface area contributed by atoms with E-state index in [-0.39, 0.29) is 0 Å². The van der Waals surface area contributed by atoms with Crippen molar-refractivity contribution in [1.29, 1.82) is 0 Å². The fourth-order valence-corrected chi connectivity index (χ4v) is 2.74. The Labute approximate surface area is 126 Å². The summed E-state index contributed by atoms with van der Waals surface area (Å²) in [5.74, 6) is 0. The first-order chi connectivity index (χ1) is 9.61. The fourth-order valence-electron chi connectivity index (χ4n) is 2.49. The van der Waals surface area contributed by atoms with Crippen LogP contribution in [0.2, 0.25) is 5.15 Å². The van der Waals surface area contributed by atoms with Gasteiger partial charge in [0.1, 0.15) is 5.15 Å². The predicted octanol–water partition coefficient (Wildman–Crippen LogP) is 3.15. The highest BCUT2D eigenvalue weighted by atomic mass is 35.5. The number of halogens is 1. The number of rotatable bonds is 6. The van der Waals surface area contributed by atoms with Gasteiger partial charge in [-0.2, -0.15) is 5.10 Å². The Morgan fingerprint density at radius 1 is 1.30 bits per heavy atom. The van der Waals surface area contributed by atoms with Crippen LogP contribution in [0, 0.1) is 6.92 Å². The average Bonchev–Trinajstić information content (AvgIpc) is 2.70. The van der Waals surface area contributed by atoms with Gasteiger partial charge in [-0.1, -0.05) is 41.9 Å². The minimum atomic E-state index is 0.413. The summed E-state index contributed by atoms with van der Waals surface area (Å²) in [4.78, 5) is 0. The molecule has 1 atom stereocenters. The van der Waals surface area contributed by atoms with Crippen molar-refractivity contribution in [3.05, 3.63) is 52.3 Å². The van der Waals surface area contributed by atoms with Crippen molar-refractivity contribution >= 4 is 11.6 Å². The van der Waals surface area contributed by atoms with Gasteiger partial charge in [0.15, 0.2) is 0 Å². The van der Waals surface area contributed by atoms with Crippen molar-refractivity contribution in [2.45, 2.75) is 32.2 Å². The normalized spacial score (nSPS) is 12.6. The molecule has 0 aliphatic carbocycles. The molecule has 0 fully saturated rings. The van der Waals surface area contributed by atoms with E-state index in [2.05, 4.69) is 40.7 Å². The standard InChI is InChI=1S/C16H22ClN3/c1-12-15(16(17)20(3)19-12)11-14(18-2)10-9-13-7-5-4-6-8-13/h4-8,14,18H,9-11H2,1-3H3. The highest BCUT2D eigenvalue weighted by Crippen LogP contribution is 2.21. The molecule has 2 rings (SSSR count). The number of nitrogens with one attached hydrogen (secondary N) is 1. The smallest absolute Gasteiger partial charge is 0.130 e. The summed E-state index contributed by atoms with van der Waals surface area (Å²) in [7, 11) is 3.90. The highest BCUT2D eigenvalue weighted by Gasteiger charge is 2.16. The van der Waals surface area contributed by atoms with Crippen molar-refractivity contribution in [2.24, 2.45) is 7.05 Å². The Bertz CT molecular complexity index is 548. The topological polar surface area (TPSA) is 29.9 Å². The molecular formula is C16H22ClN3. The molecule has 1 N–H and O–H groups in total. The minimum absolute atomic E-state index is 0.413. The lowest BCUT2D eigenvalue weighted by Crippen LogP contribution is -2.28. The molecule has 1 unspecified atom stereocenters. The molecular weight excluding hydrogens is 270 g/mol. The van der Waals surface area contributed by atoms with Gasteiger partial charge in [-0.25, -0.2) is 0 Å². The van der Waals surface area contributed by atoms with Gasteiger partial charge in [-0.05, 0) is 38.8 Å². The number of benzene rings is 1. The van der Waals surface area contributed by atoms with Gasteiger partial charge in [0.05, 0.1) is 5.69 Å². The molecule has 0 bridgehead atoms. The van der Waals surface area contributed by atoms with Gasteiger partial charge in [0.2, 0.25) is 0 Å². The maximum absolute atomic E-state index is 6.30. The van der Waals surface area contributed by atoms with E-state index in [1.807, 2.05) is 21.0 Å².